The second kappa shape index (κ2) is 6.38. The van der Waals surface area contributed by atoms with Crippen LogP contribution in [-0.4, -0.2) is 16.5 Å². The molecule has 2 nitrogen and oxygen atoms in total. The number of halogens is 2. The van der Waals surface area contributed by atoms with Crippen molar-refractivity contribution in [2.45, 2.75) is 46.2 Å². The van der Waals surface area contributed by atoms with Crippen molar-refractivity contribution < 1.29 is 12.3 Å². The molecule has 0 aliphatic rings. The van der Waals surface area contributed by atoms with Gasteiger partial charge in [0.05, 0.1) is 0 Å². The molecule has 0 amide bonds. The number of hydrogen-bond donors (Lipinski definition) is 0. The van der Waals surface area contributed by atoms with Crippen LogP contribution >= 0.6 is 22.6 Å². The minimum atomic E-state index is -4.55. The smallest absolute Gasteiger partial charge is 0.194 e. The van der Waals surface area contributed by atoms with Crippen LogP contribution in [-0.2, 0) is 16.0 Å². The SMILES string of the molecule is Cc1c(I)c(C)c(CS(=O)(=O)F)c(C)c1C#C[Si](C)(C)C. The van der Waals surface area contributed by atoms with E-state index in [2.05, 4.69) is 53.7 Å². The van der Waals surface area contributed by atoms with Crippen LogP contribution in [0.1, 0.15) is 27.8 Å². The first-order valence-electron chi connectivity index (χ1n) is 6.57. The summed E-state index contributed by atoms with van der Waals surface area (Å²) in [7, 11) is -6.09. The Labute approximate surface area is 141 Å². The summed E-state index contributed by atoms with van der Waals surface area (Å²) in [6.45, 7) is 12.1. The quantitative estimate of drug-likeness (QED) is 0.300. The first-order valence-corrected chi connectivity index (χ1v) is 12.7. The summed E-state index contributed by atoms with van der Waals surface area (Å²) in [5, 5.41) is 0. The fourth-order valence-electron chi connectivity index (χ4n) is 2.06. The van der Waals surface area contributed by atoms with Crippen molar-refractivity contribution in [3.63, 3.8) is 0 Å². The van der Waals surface area contributed by atoms with Gasteiger partial charge in [0.1, 0.15) is 13.8 Å². The lowest BCUT2D eigenvalue weighted by atomic mass is 9.95. The standard InChI is InChI=1S/C15H20FIO2SSi/c1-10-13(7-8-21(4,5)6)11(2)15(17)12(3)14(10)9-20(16,18)19/h9H2,1-6H3. The number of hydrogen-bond acceptors (Lipinski definition) is 2. The van der Waals surface area contributed by atoms with E-state index in [0.29, 0.717) is 5.56 Å². The lowest BCUT2D eigenvalue weighted by molar-refractivity contribution is 0.550. The van der Waals surface area contributed by atoms with Crippen molar-refractivity contribution in [2.24, 2.45) is 0 Å². The van der Waals surface area contributed by atoms with Crippen LogP contribution in [0.4, 0.5) is 3.89 Å². The van der Waals surface area contributed by atoms with Crippen molar-refractivity contribution in [1.29, 1.82) is 0 Å². The maximum atomic E-state index is 13.1. The third kappa shape index (κ3) is 5.08. The van der Waals surface area contributed by atoms with Crippen LogP contribution in [0.2, 0.25) is 19.6 Å². The monoisotopic (exact) mass is 438 g/mol. The topological polar surface area (TPSA) is 34.1 Å². The molecule has 0 fully saturated rings. The predicted octanol–water partition coefficient (Wildman–Crippen LogP) is 4.24. The van der Waals surface area contributed by atoms with E-state index in [0.717, 1.165) is 25.8 Å². The van der Waals surface area contributed by atoms with Crippen molar-refractivity contribution >= 4 is 40.9 Å². The molecule has 0 unspecified atom stereocenters. The van der Waals surface area contributed by atoms with Gasteiger partial charge < -0.3 is 0 Å². The zero-order valence-electron chi connectivity index (χ0n) is 13.2. The zero-order valence-corrected chi connectivity index (χ0v) is 17.2. The normalized spacial score (nSPS) is 12.0. The molecule has 1 aromatic rings. The van der Waals surface area contributed by atoms with Gasteiger partial charge in [-0.25, -0.2) is 0 Å². The van der Waals surface area contributed by atoms with Gasteiger partial charge in [0.25, 0.3) is 0 Å². The minimum Gasteiger partial charge on any atom is -0.194 e. The van der Waals surface area contributed by atoms with E-state index in [9.17, 15) is 12.3 Å². The summed E-state index contributed by atoms with van der Waals surface area (Å²) < 4.78 is 36.1. The Bertz CT molecular complexity index is 738. The second-order valence-corrected chi connectivity index (χ2v) is 13.4. The molecular formula is C15H20FIO2SSi. The largest absolute Gasteiger partial charge is 0.306 e. The Hall–Kier alpha value is -0.393. The molecule has 0 aliphatic carbocycles. The summed E-state index contributed by atoms with van der Waals surface area (Å²) in [4.78, 5) is 0. The van der Waals surface area contributed by atoms with Gasteiger partial charge in [-0.3, -0.25) is 0 Å². The van der Waals surface area contributed by atoms with Gasteiger partial charge in [0, 0.05) is 9.13 Å². The van der Waals surface area contributed by atoms with E-state index in [1.165, 1.54) is 0 Å². The van der Waals surface area contributed by atoms with Gasteiger partial charge in [-0.05, 0) is 65.6 Å². The maximum absolute atomic E-state index is 13.1. The molecule has 0 saturated carbocycles. The van der Waals surface area contributed by atoms with Crippen LogP contribution in [0.5, 0.6) is 0 Å². The molecule has 0 saturated heterocycles. The molecular weight excluding hydrogens is 418 g/mol. The predicted molar refractivity (Wildman–Crippen MR) is 97.3 cm³/mol. The molecule has 0 N–H and O–H groups in total. The average molecular weight is 438 g/mol. The fourth-order valence-corrected chi connectivity index (χ4v) is 3.94. The molecule has 0 heterocycles. The molecule has 1 rings (SSSR count). The van der Waals surface area contributed by atoms with Crippen molar-refractivity contribution in [2.75, 3.05) is 0 Å². The van der Waals surface area contributed by atoms with E-state index in [4.69, 9.17) is 0 Å². The molecule has 116 valence electrons. The highest BCUT2D eigenvalue weighted by Crippen LogP contribution is 2.29. The first-order chi connectivity index (χ1) is 9.33. The summed E-state index contributed by atoms with van der Waals surface area (Å²) in [6.07, 6.45) is 0. The number of rotatable bonds is 2. The van der Waals surface area contributed by atoms with Crippen molar-refractivity contribution in [1.82, 2.24) is 0 Å². The zero-order chi connectivity index (χ0) is 16.6. The summed E-state index contributed by atoms with van der Waals surface area (Å²) >= 11 is 2.18. The van der Waals surface area contributed by atoms with Gasteiger partial charge in [-0.15, -0.1) is 9.43 Å². The molecule has 0 radical (unpaired) electrons. The summed E-state index contributed by atoms with van der Waals surface area (Å²) in [5.41, 5.74) is 7.31. The molecule has 0 atom stereocenters. The molecule has 0 aliphatic heterocycles. The van der Waals surface area contributed by atoms with E-state index in [1.807, 2.05) is 20.8 Å². The highest BCUT2D eigenvalue weighted by atomic mass is 127. The summed E-state index contributed by atoms with van der Waals surface area (Å²) in [5.74, 6) is 2.62. The lowest BCUT2D eigenvalue weighted by Gasteiger charge is -2.16. The molecule has 1 aromatic carbocycles. The van der Waals surface area contributed by atoms with Gasteiger partial charge >= 0.3 is 10.2 Å². The Balaban J connectivity index is 3.63. The molecule has 0 bridgehead atoms. The fraction of sp³-hybridized carbons (Fsp3) is 0.467. The van der Waals surface area contributed by atoms with Crippen molar-refractivity contribution in [3.8, 4) is 11.5 Å². The number of benzene rings is 1. The highest BCUT2D eigenvalue weighted by molar-refractivity contribution is 14.1. The maximum Gasteiger partial charge on any atom is 0.306 e. The van der Waals surface area contributed by atoms with Crippen LogP contribution < -0.4 is 0 Å². The van der Waals surface area contributed by atoms with Crippen LogP contribution in [0.15, 0.2) is 0 Å². The van der Waals surface area contributed by atoms with Crippen molar-refractivity contribution in [3.05, 3.63) is 31.4 Å². The summed E-state index contributed by atoms with van der Waals surface area (Å²) in [6, 6.07) is 0. The third-order valence-corrected chi connectivity index (χ3v) is 6.32. The van der Waals surface area contributed by atoms with Crippen LogP contribution in [0, 0.1) is 35.8 Å². The molecule has 0 spiro atoms. The molecule has 6 heteroatoms. The van der Waals surface area contributed by atoms with Gasteiger partial charge in [-0.2, -0.15) is 8.42 Å². The van der Waals surface area contributed by atoms with E-state index < -0.39 is 24.0 Å². The Morgan fingerprint density at radius 1 is 1.10 bits per heavy atom. The Morgan fingerprint density at radius 3 is 2.05 bits per heavy atom. The van der Waals surface area contributed by atoms with Gasteiger partial charge in [0.2, 0.25) is 0 Å². The van der Waals surface area contributed by atoms with E-state index in [-0.39, 0.29) is 0 Å². The second-order valence-electron chi connectivity index (χ2n) is 6.23. The lowest BCUT2D eigenvalue weighted by Crippen LogP contribution is -2.16. The highest BCUT2D eigenvalue weighted by Gasteiger charge is 2.20. The van der Waals surface area contributed by atoms with Crippen LogP contribution in [0.25, 0.3) is 0 Å². The Kier molecular flexibility index (Phi) is 5.67. The molecule has 21 heavy (non-hydrogen) atoms. The van der Waals surface area contributed by atoms with Crippen LogP contribution in [0.3, 0.4) is 0 Å². The third-order valence-electron chi connectivity index (χ3n) is 3.19. The van der Waals surface area contributed by atoms with E-state index >= 15 is 0 Å². The first kappa shape index (κ1) is 18.7. The van der Waals surface area contributed by atoms with Gasteiger partial charge in [-0.1, -0.05) is 25.6 Å². The minimum absolute atomic E-state index is 0.535. The van der Waals surface area contributed by atoms with Gasteiger partial charge in [0.15, 0.2) is 0 Å². The molecule has 0 aromatic heterocycles. The Morgan fingerprint density at radius 2 is 1.62 bits per heavy atom. The average Bonchev–Trinajstić information content (AvgIpc) is 2.29. The van der Waals surface area contributed by atoms with E-state index in [1.54, 1.807) is 0 Å².